The van der Waals surface area contributed by atoms with Crippen molar-refractivity contribution in [1.82, 2.24) is 0 Å². The molecular weight excluding hydrogens is 379 g/mol. The Hall–Kier alpha value is -1.76. The van der Waals surface area contributed by atoms with E-state index in [0.29, 0.717) is 6.73 Å². The van der Waals surface area contributed by atoms with Crippen LogP contribution in [0.15, 0.2) is 42.5 Å². The van der Waals surface area contributed by atoms with E-state index in [-0.39, 0.29) is 5.91 Å². The monoisotopic (exact) mass is 394 g/mol. The van der Waals surface area contributed by atoms with Gasteiger partial charge in [0.25, 0.3) is 0 Å². The number of carbonyl (C=O) groups excluding carboxylic acids is 1. The van der Waals surface area contributed by atoms with Crippen molar-refractivity contribution in [3.8, 4) is 5.75 Å². The van der Waals surface area contributed by atoms with E-state index in [1.807, 2.05) is 30.3 Å². The number of hydrogen-bond donors (Lipinski definition) is 1. The molecule has 3 rings (SSSR count). The molecule has 2 aromatic carbocycles. The lowest BCUT2D eigenvalue weighted by atomic mass is 10.1. The Bertz CT molecular complexity index is 688. The van der Waals surface area contributed by atoms with E-state index in [1.165, 1.54) is 10.5 Å². The topological polar surface area (TPSA) is 41.6 Å². The van der Waals surface area contributed by atoms with E-state index in [4.69, 9.17) is 4.74 Å². The highest BCUT2D eigenvalue weighted by Gasteiger charge is 2.19. The van der Waals surface area contributed by atoms with Gasteiger partial charge >= 0.3 is 0 Å². The van der Waals surface area contributed by atoms with Gasteiger partial charge in [0, 0.05) is 28.3 Å². The number of amides is 1. The Labute approximate surface area is 137 Å². The zero-order valence-corrected chi connectivity index (χ0v) is 13.8. The number of nitrogens with one attached hydrogen (secondary N) is 1. The summed E-state index contributed by atoms with van der Waals surface area (Å²) in [6, 6.07) is 14.0. The number of rotatable bonds is 2. The predicted octanol–water partition coefficient (Wildman–Crippen LogP) is 3.61. The summed E-state index contributed by atoms with van der Waals surface area (Å²) >= 11 is 2.33. The van der Waals surface area contributed by atoms with Gasteiger partial charge in [0.2, 0.25) is 5.91 Å². The molecule has 21 heavy (non-hydrogen) atoms. The number of benzene rings is 2. The van der Waals surface area contributed by atoms with Crippen LogP contribution in [0.5, 0.6) is 5.75 Å². The fraction of sp³-hybridized carbons (Fsp3) is 0.188. The van der Waals surface area contributed by atoms with E-state index in [2.05, 4.69) is 44.9 Å². The summed E-state index contributed by atoms with van der Waals surface area (Å²) in [6.07, 6.45) is 0. The zero-order valence-electron chi connectivity index (χ0n) is 11.6. The normalized spacial score (nSPS) is 13.3. The molecule has 0 aliphatic carbocycles. The van der Waals surface area contributed by atoms with Crippen LogP contribution >= 0.6 is 22.6 Å². The Morgan fingerprint density at radius 2 is 2.10 bits per heavy atom. The standard InChI is InChI=1S/C16H15IN2O2/c1-11(20)18-13-6-7-16-12(8-13)9-19(10-21-16)15-5-3-2-4-14(15)17/h2-8H,9-10H2,1H3,(H,18,20). The van der Waals surface area contributed by atoms with Crippen molar-refractivity contribution in [3.05, 3.63) is 51.6 Å². The third kappa shape index (κ3) is 3.12. The van der Waals surface area contributed by atoms with E-state index in [9.17, 15) is 4.79 Å². The Kier molecular flexibility index (Phi) is 4.01. The van der Waals surface area contributed by atoms with Gasteiger partial charge in [-0.3, -0.25) is 4.79 Å². The summed E-state index contributed by atoms with van der Waals surface area (Å²) in [5.74, 6) is 0.812. The summed E-state index contributed by atoms with van der Waals surface area (Å²) in [7, 11) is 0. The van der Waals surface area contributed by atoms with Crippen LogP contribution in [0.3, 0.4) is 0 Å². The van der Waals surface area contributed by atoms with E-state index in [1.54, 1.807) is 0 Å². The summed E-state index contributed by atoms with van der Waals surface area (Å²) in [6.45, 7) is 2.81. The molecule has 1 aliphatic heterocycles. The number of para-hydroxylation sites is 1. The van der Waals surface area contributed by atoms with Crippen LogP contribution < -0.4 is 15.0 Å². The number of ether oxygens (including phenoxy) is 1. The fourth-order valence-corrected chi connectivity index (χ4v) is 3.11. The van der Waals surface area contributed by atoms with Gasteiger partial charge in [0.15, 0.2) is 6.73 Å². The molecule has 0 saturated heterocycles. The minimum atomic E-state index is -0.0684. The first-order valence-corrected chi connectivity index (χ1v) is 7.74. The van der Waals surface area contributed by atoms with Crippen molar-refractivity contribution >= 4 is 39.9 Å². The minimum Gasteiger partial charge on any atom is -0.473 e. The lowest BCUT2D eigenvalue weighted by Crippen LogP contribution is -2.32. The van der Waals surface area contributed by atoms with Crippen LogP contribution in [-0.2, 0) is 11.3 Å². The number of halogens is 1. The first-order valence-electron chi connectivity index (χ1n) is 6.66. The second kappa shape index (κ2) is 5.93. The van der Waals surface area contributed by atoms with Crippen LogP contribution in [0.25, 0.3) is 0 Å². The molecule has 0 atom stereocenters. The summed E-state index contributed by atoms with van der Waals surface area (Å²) < 4.78 is 7.01. The maximum absolute atomic E-state index is 11.2. The fourth-order valence-electron chi connectivity index (χ4n) is 2.39. The maximum atomic E-state index is 11.2. The molecule has 0 unspecified atom stereocenters. The average molecular weight is 394 g/mol. The third-order valence-corrected chi connectivity index (χ3v) is 4.22. The lowest BCUT2D eigenvalue weighted by molar-refractivity contribution is -0.114. The van der Waals surface area contributed by atoms with Gasteiger partial charge < -0.3 is 15.0 Å². The maximum Gasteiger partial charge on any atom is 0.221 e. The molecule has 0 radical (unpaired) electrons. The van der Waals surface area contributed by atoms with Crippen LogP contribution in [0.2, 0.25) is 0 Å². The van der Waals surface area contributed by atoms with Gasteiger partial charge in [0.1, 0.15) is 5.75 Å². The van der Waals surface area contributed by atoms with Gasteiger partial charge in [-0.25, -0.2) is 0 Å². The Morgan fingerprint density at radius 1 is 1.29 bits per heavy atom. The van der Waals surface area contributed by atoms with Crippen molar-refractivity contribution in [2.45, 2.75) is 13.5 Å². The molecule has 5 heteroatoms. The summed E-state index contributed by atoms with van der Waals surface area (Å²) in [5.41, 5.74) is 3.04. The highest BCUT2D eigenvalue weighted by atomic mass is 127. The van der Waals surface area contributed by atoms with Crippen molar-refractivity contribution in [2.75, 3.05) is 16.9 Å². The van der Waals surface area contributed by atoms with E-state index >= 15 is 0 Å². The highest BCUT2D eigenvalue weighted by Crippen LogP contribution is 2.32. The van der Waals surface area contributed by atoms with Gasteiger partial charge in [-0.15, -0.1) is 0 Å². The van der Waals surface area contributed by atoms with Crippen molar-refractivity contribution in [3.63, 3.8) is 0 Å². The number of carbonyl (C=O) groups is 1. The number of anilines is 2. The molecule has 2 aromatic rings. The second-order valence-corrected chi connectivity index (χ2v) is 6.09. The molecular formula is C16H15IN2O2. The second-order valence-electron chi connectivity index (χ2n) is 4.93. The molecule has 0 fully saturated rings. The summed E-state index contributed by atoms with van der Waals surface area (Å²) in [4.78, 5) is 13.3. The van der Waals surface area contributed by atoms with Crippen molar-refractivity contribution in [2.24, 2.45) is 0 Å². The smallest absolute Gasteiger partial charge is 0.221 e. The van der Waals surface area contributed by atoms with Gasteiger partial charge in [-0.05, 0) is 52.9 Å². The molecule has 108 valence electrons. The van der Waals surface area contributed by atoms with Crippen LogP contribution in [0.1, 0.15) is 12.5 Å². The zero-order chi connectivity index (χ0) is 14.8. The Balaban J connectivity index is 1.87. The lowest BCUT2D eigenvalue weighted by Gasteiger charge is -2.31. The van der Waals surface area contributed by atoms with Gasteiger partial charge in [-0.1, -0.05) is 12.1 Å². The molecule has 0 aromatic heterocycles. The molecule has 0 spiro atoms. The molecule has 1 aliphatic rings. The van der Waals surface area contributed by atoms with E-state index in [0.717, 1.165) is 29.2 Å². The van der Waals surface area contributed by atoms with Crippen molar-refractivity contribution < 1.29 is 9.53 Å². The Morgan fingerprint density at radius 3 is 2.86 bits per heavy atom. The molecule has 0 bridgehead atoms. The minimum absolute atomic E-state index is 0.0684. The van der Waals surface area contributed by atoms with Gasteiger partial charge in [-0.2, -0.15) is 0 Å². The molecule has 0 saturated carbocycles. The van der Waals surface area contributed by atoms with Crippen LogP contribution in [-0.4, -0.2) is 12.6 Å². The largest absolute Gasteiger partial charge is 0.473 e. The van der Waals surface area contributed by atoms with Crippen LogP contribution in [0.4, 0.5) is 11.4 Å². The first-order chi connectivity index (χ1) is 10.1. The first kappa shape index (κ1) is 14.2. The molecule has 1 N–H and O–H groups in total. The quantitative estimate of drug-likeness (QED) is 0.792. The van der Waals surface area contributed by atoms with Gasteiger partial charge in [0.05, 0.1) is 5.69 Å². The number of nitrogens with zero attached hydrogens (tertiary/aromatic N) is 1. The highest BCUT2D eigenvalue weighted by molar-refractivity contribution is 14.1. The van der Waals surface area contributed by atoms with E-state index < -0.39 is 0 Å². The molecule has 1 heterocycles. The number of hydrogen-bond acceptors (Lipinski definition) is 3. The SMILES string of the molecule is CC(=O)Nc1ccc2c(c1)CN(c1ccccc1I)CO2. The summed E-state index contributed by atoms with van der Waals surface area (Å²) in [5, 5.41) is 2.81. The third-order valence-electron chi connectivity index (χ3n) is 3.31. The average Bonchev–Trinajstić information content (AvgIpc) is 2.46. The predicted molar refractivity (Wildman–Crippen MR) is 91.6 cm³/mol. The molecule has 4 nitrogen and oxygen atoms in total. The number of fused-ring (bicyclic) bond motifs is 1. The van der Waals surface area contributed by atoms with Crippen LogP contribution in [0, 0.1) is 3.57 Å². The molecule has 1 amide bonds. The van der Waals surface area contributed by atoms with Crippen molar-refractivity contribution in [1.29, 1.82) is 0 Å².